The molecular formula is C27H22ClN3O5. The van der Waals surface area contributed by atoms with E-state index < -0.39 is 23.7 Å². The molecule has 3 aromatic rings. The number of halogens is 1. The molecule has 3 amide bonds. The molecule has 1 aliphatic heterocycles. The fraction of sp³-hybridized carbons (Fsp3) is 0.111. The summed E-state index contributed by atoms with van der Waals surface area (Å²) in [6, 6.07) is 21.9. The number of anilines is 2. The van der Waals surface area contributed by atoms with Crippen LogP contribution >= 0.6 is 11.6 Å². The van der Waals surface area contributed by atoms with Gasteiger partial charge in [0.2, 0.25) is 0 Å². The van der Waals surface area contributed by atoms with E-state index in [9.17, 15) is 19.2 Å². The predicted octanol–water partition coefficient (Wildman–Crippen LogP) is 4.55. The van der Waals surface area contributed by atoms with E-state index in [0.29, 0.717) is 22.5 Å². The Bertz CT molecular complexity index is 1350. The molecule has 0 saturated heterocycles. The summed E-state index contributed by atoms with van der Waals surface area (Å²) in [4.78, 5) is 51.1. The molecule has 0 aromatic heterocycles. The first-order chi connectivity index (χ1) is 17.4. The van der Waals surface area contributed by atoms with Crippen LogP contribution in [0, 0.1) is 0 Å². The molecule has 8 nitrogen and oxygen atoms in total. The number of esters is 1. The van der Waals surface area contributed by atoms with Crippen LogP contribution in [0.4, 0.5) is 11.4 Å². The minimum absolute atomic E-state index is 0.0512. The Balaban J connectivity index is 1.44. The Kier molecular flexibility index (Phi) is 7.46. The van der Waals surface area contributed by atoms with Gasteiger partial charge in [-0.05, 0) is 55.0 Å². The Morgan fingerprint density at radius 2 is 1.58 bits per heavy atom. The van der Waals surface area contributed by atoms with Crippen molar-refractivity contribution in [1.29, 1.82) is 0 Å². The predicted molar refractivity (Wildman–Crippen MR) is 135 cm³/mol. The first-order valence-corrected chi connectivity index (χ1v) is 11.5. The smallest absolute Gasteiger partial charge is 0.338 e. The van der Waals surface area contributed by atoms with Gasteiger partial charge in [0.15, 0.2) is 0 Å². The van der Waals surface area contributed by atoms with E-state index in [1.54, 1.807) is 49.4 Å². The highest BCUT2D eigenvalue weighted by Gasteiger charge is 2.37. The monoisotopic (exact) mass is 503 g/mol. The lowest BCUT2D eigenvalue weighted by Gasteiger charge is -2.15. The number of ether oxygens (including phenoxy) is 1. The third kappa shape index (κ3) is 5.45. The van der Waals surface area contributed by atoms with Crippen molar-refractivity contribution in [2.45, 2.75) is 13.5 Å². The van der Waals surface area contributed by atoms with Crippen molar-refractivity contribution in [1.82, 2.24) is 4.90 Å². The molecule has 9 heteroatoms. The lowest BCUT2D eigenvalue weighted by atomic mass is 10.1. The minimum Gasteiger partial charge on any atom is -0.462 e. The van der Waals surface area contributed by atoms with Crippen LogP contribution in [0.25, 0.3) is 0 Å². The van der Waals surface area contributed by atoms with Gasteiger partial charge in [0.25, 0.3) is 17.7 Å². The van der Waals surface area contributed by atoms with Gasteiger partial charge >= 0.3 is 5.97 Å². The second-order valence-corrected chi connectivity index (χ2v) is 8.21. The fourth-order valence-electron chi connectivity index (χ4n) is 3.55. The van der Waals surface area contributed by atoms with Crippen LogP contribution in [0.1, 0.15) is 33.2 Å². The Morgan fingerprint density at radius 3 is 2.28 bits per heavy atom. The number of hydrogen-bond acceptors (Lipinski definition) is 6. The molecule has 0 unspecified atom stereocenters. The summed E-state index contributed by atoms with van der Waals surface area (Å²) in [5, 5.41) is 5.42. The van der Waals surface area contributed by atoms with Gasteiger partial charge in [0.05, 0.1) is 18.7 Å². The molecule has 1 heterocycles. The normalized spacial score (nSPS) is 13.1. The summed E-state index contributed by atoms with van der Waals surface area (Å²) in [5.74, 6) is -1.98. The first kappa shape index (κ1) is 24.7. The molecule has 0 aliphatic carbocycles. The quantitative estimate of drug-likeness (QED) is 0.345. The van der Waals surface area contributed by atoms with Gasteiger partial charge in [-0.2, -0.15) is 0 Å². The molecule has 0 bridgehead atoms. The second-order valence-electron chi connectivity index (χ2n) is 7.83. The van der Waals surface area contributed by atoms with Crippen molar-refractivity contribution in [2.75, 3.05) is 17.2 Å². The molecule has 0 atom stereocenters. The Morgan fingerprint density at radius 1 is 0.861 bits per heavy atom. The molecule has 36 heavy (non-hydrogen) atoms. The van der Waals surface area contributed by atoms with Gasteiger partial charge < -0.3 is 15.4 Å². The summed E-state index contributed by atoms with van der Waals surface area (Å²) in [6.45, 7) is 2.09. The van der Waals surface area contributed by atoms with E-state index in [4.69, 9.17) is 16.3 Å². The zero-order valence-electron chi connectivity index (χ0n) is 19.3. The second kappa shape index (κ2) is 10.9. The largest absolute Gasteiger partial charge is 0.462 e. The molecule has 4 rings (SSSR count). The molecule has 3 aromatic carbocycles. The lowest BCUT2D eigenvalue weighted by molar-refractivity contribution is -0.138. The fourth-order valence-corrected chi connectivity index (χ4v) is 3.78. The van der Waals surface area contributed by atoms with E-state index >= 15 is 0 Å². The Hall–Kier alpha value is -4.43. The zero-order chi connectivity index (χ0) is 25.7. The highest BCUT2D eigenvalue weighted by Crippen LogP contribution is 2.27. The van der Waals surface area contributed by atoms with Crippen molar-refractivity contribution in [2.24, 2.45) is 0 Å². The van der Waals surface area contributed by atoms with Gasteiger partial charge in [-0.1, -0.05) is 48.0 Å². The highest BCUT2D eigenvalue weighted by atomic mass is 35.5. The van der Waals surface area contributed by atoms with Gasteiger partial charge in [-0.25, -0.2) is 4.79 Å². The number of nitrogens with zero attached hydrogens (tertiary/aromatic N) is 1. The SMILES string of the molecule is CCOC(=O)c1ccc(NC(=O)c2cccc(NC3=C(Cl)C(=O)N(Cc4ccccc4)C3=O)c2)cc1. The minimum atomic E-state index is -0.590. The number of imide groups is 1. The third-order valence-electron chi connectivity index (χ3n) is 5.34. The summed E-state index contributed by atoms with van der Waals surface area (Å²) in [7, 11) is 0. The average molecular weight is 504 g/mol. The van der Waals surface area contributed by atoms with Crippen LogP contribution in [0.5, 0.6) is 0 Å². The zero-order valence-corrected chi connectivity index (χ0v) is 20.0. The van der Waals surface area contributed by atoms with Gasteiger partial charge in [-0.3, -0.25) is 19.3 Å². The lowest BCUT2D eigenvalue weighted by Crippen LogP contribution is -2.31. The molecule has 182 valence electrons. The van der Waals surface area contributed by atoms with Crippen LogP contribution in [-0.4, -0.2) is 35.2 Å². The van der Waals surface area contributed by atoms with Crippen molar-refractivity contribution < 1.29 is 23.9 Å². The van der Waals surface area contributed by atoms with Gasteiger partial charge in [0.1, 0.15) is 10.7 Å². The van der Waals surface area contributed by atoms with Crippen LogP contribution in [0.15, 0.2) is 89.6 Å². The number of amides is 3. The summed E-state index contributed by atoms with van der Waals surface area (Å²) in [5.41, 5.74) is 2.33. The number of carbonyl (C=O) groups excluding carboxylic acids is 4. The molecule has 0 spiro atoms. The van der Waals surface area contributed by atoms with E-state index in [2.05, 4.69) is 10.6 Å². The summed E-state index contributed by atoms with van der Waals surface area (Å²) >= 11 is 6.19. The maximum Gasteiger partial charge on any atom is 0.338 e. The number of nitrogens with one attached hydrogen (secondary N) is 2. The maximum atomic E-state index is 12.9. The van der Waals surface area contributed by atoms with E-state index in [1.807, 2.05) is 30.3 Å². The van der Waals surface area contributed by atoms with Gasteiger partial charge in [0, 0.05) is 16.9 Å². The standard InChI is InChI=1S/C27H22ClN3O5/c1-2-36-27(35)18-11-13-20(14-12-18)30-24(32)19-9-6-10-21(15-19)29-23-22(28)25(33)31(26(23)34)16-17-7-4-3-5-8-17/h3-15,29H,2,16H2,1H3,(H,30,32). The van der Waals surface area contributed by atoms with Crippen molar-refractivity contribution in [3.63, 3.8) is 0 Å². The van der Waals surface area contributed by atoms with E-state index in [0.717, 1.165) is 10.5 Å². The molecular weight excluding hydrogens is 482 g/mol. The number of hydrogen-bond donors (Lipinski definition) is 2. The van der Waals surface area contributed by atoms with Crippen molar-refractivity contribution >= 4 is 46.7 Å². The van der Waals surface area contributed by atoms with Crippen LogP contribution in [0.2, 0.25) is 0 Å². The number of rotatable bonds is 8. The molecule has 0 radical (unpaired) electrons. The topological polar surface area (TPSA) is 105 Å². The van der Waals surface area contributed by atoms with Crippen LogP contribution < -0.4 is 10.6 Å². The molecule has 0 saturated carbocycles. The molecule has 1 aliphatic rings. The van der Waals surface area contributed by atoms with Crippen LogP contribution in [-0.2, 0) is 20.9 Å². The van der Waals surface area contributed by atoms with E-state index in [-0.39, 0.29) is 23.9 Å². The highest BCUT2D eigenvalue weighted by molar-refractivity contribution is 6.48. The van der Waals surface area contributed by atoms with Crippen molar-refractivity contribution in [3.8, 4) is 0 Å². The third-order valence-corrected chi connectivity index (χ3v) is 5.69. The molecule has 2 N–H and O–H groups in total. The van der Waals surface area contributed by atoms with Crippen molar-refractivity contribution in [3.05, 3.63) is 106 Å². The number of benzene rings is 3. The molecule has 0 fully saturated rings. The first-order valence-electron chi connectivity index (χ1n) is 11.1. The summed E-state index contributed by atoms with van der Waals surface area (Å²) < 4.78 is 4.95. The Labute approximate surface area is 212 Å². The van der Waals surface area contributed by atoms with Gasteiger partial charge in [-0.15, -0.1) is 0 Å². The average Bonchev–Trinajstić information content (AvgIpc) is 3.08. The number of carbonyl (C=O) groups is 4. The maximum absolute atomic E-state index is 12.9. The van der Waals surface area contributed by atoms with E-state index in [1.165, 1.54) is 6.07 Å². The van der Waals surface area contributed by atoms with Crippen LogP contribution in [0.3, 0.4) is 0 Å². The summed E-state index contributed by atoms with van der Waals surface area (Å²) in [6.07, 6.45) is 0.